The van der Waals surface area contributed by atoms with E-state index >= 15 is 0 Å². The Morgan fingerprint density at radius 2 is 2.31 bits per heavy atom. The molecule has 2 nitrogen and oxygen atoms in total. The van der Waals surface area contributed by atoms with Crippen LogP contribution in [0.2, 0.25) is 0 Å². The Morgan fingerprint density at radius 1 is 1.54 bits per heavy atom. The Hall–Kier alpha value is -0.540. The van der Waals surface area contributed by atoms with Gasteiger partial charge in [-0.05, 0) is 36.8 Å². The Balaban J connectivity index is 2.79. The molecule has 13 heavy (non-hydrogen) atoms. The van der Waals surface area contributed by atoms with Gasteiger partial charge in [0, 0.05) is 6.20 Å². The number of nitrogens with two attached hydrogens (primary N) is 1. The molecule has 0 aliphatic heterocycles. The van der Waals surface area contributed by atoms with E-state index in [9.17, 15) is 0 Å². The minimum atomic E-state index is 0.696. The van der Waals surface area contributed by atoms with Crippen LogP contribution in [0.25, 0.3) is 0 Å². The van der Waals surface area contributed by atoms with E-state index in [2.05, 4.69) is 24.9 Å². The first kappa shape index (κ1) is 10.5. The lowest BCUT2D eigenvalue weighted by Crippen LogP contribution is -2.03. The summed E-state index contributed by atoms with van der Waals surface area (Å²) in [6.07, 6.45) is 2.85. The molecule has 1 aromatic heterocycles. The molecule has 0 unspecified atom stereocenters. The van der Waals surface area contributed by atoms with Crippen LogP contribution in [0.3, 0.4) is 0 Å². The van der Waals surface area contributed by atoms with Crippen LogP contribution in [0, 0.1) is 6.92 Å². The molecule has 0 bridgehead atoms. The summed E-state index contributed by atoms with van der Waals surface area (Å²) in [5, 5.41) is 1.14. The highest BCUT2D eigenvalue weighted by Crippen LogP contribution is 2.19. The van der Waals surface area contributed by atoms with Crippen molar-refractivity contribution in [1.29, 1.82) is 0 Å². The molecule has 1 heterocycles. The smallest absolute Gasteiger partial charge is 0.0989 e. The fourth-order valence-electron chi connectivity index (χ4n) is 1.21. The molecule has 0 atom stereocenters. The lowest BCUT2D eigenvalue weighted by Gasteiger charge is -2.04. The van der Waals surface area contributed by atoms with Gasteiger partial charge in [0.2, 0.25) is 0 Å². The molecule has 0 fully saturated rings. The second kappa shape index (κ2) is 5.25. The summed E-state index contributed by atoms with van der Waals surface area (Å²) in [4.78, 5) is 4.39. The zero-order valence-corrected chi connectivity index (χ0v) is 9.03. The number of thioether (sulfide) groups is 1. The maximum absolute atomic E-state index is 5.47. The van der Waals surface area contributed by atoms with Crippen LogP contribution in [-0.2, 0) is 6.42 Å². The molecule has 0 saturated heterocycles. The third-order valence-electron chi connectivity index (χ3n) is 1.80. The van der Waals surface area contributed by atoms with Crippen LogP contribution in [-0.4, -0.2) is 17.3 Å². The third-order valence-corrected chi connectivity index (χ3v) is 2.79. The molecule has 2 N–H and O–H groups in total. The van der Waals surface area contributed by atoms with Crippen LogP contribution >= 0.6 is 11.8 Å². The highest BCUT2D eigenvalue weighted by atomic mass is 32.2. The van der Waals surface area contributed by atoms with E-state index in [1.165, 1.54) is 11.1 Å². The molecular weight excluding hydrogens is 180 g/mol. The van der Waals surface area contributed by atoms with Gasteiger partial charge >= 0.3 is 0 Å². The molecule has 0 aliphatic carbocycles. The number of nitrogens with zero attached hydrogens (tertiary/aromatic N) is 1. The van der Waals surface area contributed by atoms with Crippen molar-refractivity contribution < 1.29 is 0 Å². The second-order valence-corrected chi connectivity index (χ2v) is 4.19. The van der Waals surface area contributed by atoms with Crippen molar-refractivity contribution in [3.8, 4) is 0 Å². The van der Waals surface area contributed by atoms with Gasteiger partial charge < -0.3 is 5.73 Å². The number of pyridine rings is 1. The van der Waals surface area contributed by atoms with Crippen LogP contribution < -0.4 is 5.73 Å². The quantitative estimate of drug-likeness (QED) is 0.749. The average Bonchev–Trinajstić information content (AvgIpc) is 2.10. The van der Waals surface area contributed by atoms with Crippen molar-refractivity contribution >= 4 is 11.8 Å². The molecule has 1 aromatic rings. The molecule has 0 aliphatic rings. The predicted octanol–water partition coefficient (Wildman–Crippen LogP) is 2.00. The van der Waals surface area contributed by atoms with Crippen molar-refractivity contribution in [2.75, 3.05) is 12.3 Å². The first-order valence-corrected chi connectivity index (χ1v) is 5.55. The van der Waals surface area contributed by atoms with Crippen LogP contribution in [0.4, 0.5) is 0 Å². The summed E-state index contributed by atoms with van der Waals surface area (Å²) < 4.78 is 0. The summed E-state index contributed by atoms with van der Waals surface area (Å²) in [5.74, 6) is 1.07. The lowest BCUT2D eigenvalue weighted by molar-refractivity contribution is 0.936. The van der Waals surface area contributed by atoms with E-state index < -0.39 is 0 Å². The highest BCUT2D eigenvalue weighted by Gasteiger charge is 2.00. The molecule has 3 heteroatoms. The minimum Gasteiger partial charge on any atom is -0.330 e. The largest absolute Gasteiger partial charge is 0.330 e. The molecule has 1 rings (SSSR count). The van der Waals surface area contributed by atoms with Gasteiger partial charge in [0.25, 0.3) is 0 Å². The Labute approximate surface area is 83.9 Å². The van der Waals surface area contributed by atoms with Gasteiger partial charge in [0.05, 0.1) is 5.03 Å². The van der Waals surface area contributed by atoms with E-state index in [1.807, 2.05) is 6.20 Å². The average molecular weight is 196 g/mol. The highest BCUT2D eigenvalue weighted by molar-refractivity contribution is 7.99. The van der Waals surface area contributed by atoms with Gasteiger partial charge in [-0.15, -0.1) is 11.8 Å². The molecule has 0 spiro atoms. The number of aromatic nitrogens is 1. The SMILES string of the molecule is CCSc1ncc(CCN)cc1C. The van der Waals surface area contributed by atoms with E-state index in [0.29, 0.717) is 6.54 Å². The standard InChI is InChI=1S/C10H16N2S/c1-3-13-10-8(2)6-9(4-5-11)7-12-10/h6-7H,3-5,11H2,1-2H3. The number of rotatable bonds is 4. The van der Waals surface area contributed by atoms with Gasteiger partial charge in [0.1, 0.15) is 0 Å². The molecule has 0 amide bonds. The summed E-state index contributed by atoms with van der Waals surface area (Å²) in [6.45, 7) is 4.94. The van der Waals surface area contributed by atoms with E-state index in [0.717, 1.165) is 17.2 Å². The van der Waals surface area contributed by atoms with Gasteiger partial charge in [-0.3, -0.25) is 0 Å². The molecule has 72 valence electrons. The Bertz CT molecular complexity index is 274. The summed E-state index contributed by atoms with van der Waals surface area (Å²) in [7, 11) is 0. The first-order valence-electron chi connectivity index (χ1n) is 4.56. The van der Waals surface area contributed by atoms with Crippen molar-refractivity contribution in [3.63, 3.8) is 0 Å². The molecule has 0 saturated carbocycles. The Morgan fingerprint density at radius 3 is 2.85 bits per heavy atom. The van der Waals surface area contributed by atoms with E-state index in [-0.39, 0.29) is 0 Å². The zero-order chi connectivity index (χ0) is 9.68. The maximum atomic E-state index is 5.47. The van der Waals surface area contributed by atoms with Crippen molar-refractivity contribution in [2.45, 2.75) is 25.3 Å². The second-order valence-electron chi connectivity index (χ2n) is 2.94. The Kier molecular flexibility index (Phi) is 4.25. The number of aryl methyl sites for hydroxylation is 1. The normalized spacial score (nSPS) is 10.4. The van der Waals surface area contributed by atoms with Crippen LogP contribution in [0.15, 0.2) is 17.3 Å². The van der Waals surface area contributed by atoms with Crippen molar-refractivity contribution in [1.82, 2.24) is 4.98 Å². The van der Waals surface area contributed by atoms with Gasteiger partial charge in [-0.1, -0.05) is 13.0 Å². The van der Waals surface area contributed by atoms with Gasteiger partial charge in [0.15, 0.2) is 0 Å². The van der Waals surface area contributed by atoms with Gasteiger partial charge in [-0.2, -0.15) is 0 Å². The van der Waals surface area contributed by atoms with E-state index in [4.69, 9.17) is 5.73 Å². The fraction of sp³-hybridized carbons (Fsp3) is 0.500. The van der Waals surface area contributed by atoms with E-state index in [1.54, 1.807) is 11.8 Å². The summed E-state index contributed by atoms with van der Waals surface area (Å²) in [5.41, 5.74) is 7.97. The van der Waals surface area contributed by atoms with Crippen molar-refractivity contribution in [2.24, 2.45) is 5.73 Å². The monoisotopic (exact) mass is 196 g/mol. The van der Waals surface area contributed by atoms with Crippen molar-refractivity contribution in [3.05, 3.63) is 23.4 Å². The first-order chi connectivity index (χ1) is 6.27. The lowest BCUT2D eigenvalue weighted by atomic mass is 10.2. The minimum absolute atomic E-state index is 0.696. The van der Waals surface area contributed by atoms with Gasteiger partial charge in [-0.25, -0.2) is 4.98 Å². The fourth-order valence-corrected chi connectivity index (χ4v) is 1.90. The van der Waals surface area contributed by atoms with Crippen LogP contribution in [0.1, 0.15) is 18.1 Å². The predicted molar refractivity (Wildman–Crippen MR) is 58.1 cm³/mol. The van der Waals surface area contributed by atoms with Crippen LogP contribution in [0.5, 0.6) is 0 Å². The number of hydrogen-bond donors (Lipinski definition) is 1. The maximum Gasteiger partial charge on any atom is 0.0989 e. The summed E-state index contributed by atoms with van der Waals surface area (Å²) in [6, 6.07) is 2.18. The topological polar surface area (TPSA) is 38.9 Å². The molecule has 0 aromatic carbocycles. The third kappa shape index (κ3) is 3.01. The molecule has 0 radical (unpaired) electrons. The zero-order valence-electron chi connectivity index (χ0n) is 8.21. The number of hydrogen-bond acceptors (Lipinski definition) is 3. The molecular formula is C10H16N2S. The summed E-state index contributed by atoms with van der Waals surface area (Å²) >= 11 is 1.79.